The molecule has 0 aliphatic heterocycles. The Balaban J connectivity index is 2.50. The summed E-state index contributed by atoms with van der Waals surface area (Å²) in [5, 5.41) is 14.8. The Labute approximate surface area is 119 Å². The summed E-state index contributed by atoms with van der Waals surface area (Å²) in [4.78, 5) is 14.7. The van der Waals surface area contributed by atoms with E-state index in [9.17, 15) is 0 Å². The molecule has 8 heteroatoms. The molecule has 0 saturated heterocycles. The fourth-order valence-corrected chi connectivity index (χ4v) is 1.42. The van der Waals surface area contributed by atoms with Crippen molar-refractivity contribution >= 4 is 17.8 Å². The zero-order chi connectivity index (χ0) is 14.8. The molecule has 1 aromatic rings. The highest BCUT2D eigenvalue weighted by Crippen LogP contribution is 2.11. The molecule has 114 valence electrons. The third kappa shape index (κ3) is 5.98. The minimum Gasteiger partial charge on any atom is -0.394 e. The Bertz CT molecular complexity index is 388. The Morgan fingerprint density at radius 3 is 2.40 bits per heavy atom. The Morgan fingerprint density at radius 2 is 1.80 bits per heavy atom. The third-order valence-corrected chi connectivity index (χ3v) is 2.34. The van der Waals surface area contributed by atoms with Crippen molar-refractivity contribution in [3.63, 3.8) is 0 Å². The standard InChI is InChI=1S/C12H24N6O2/c1-4-13-10-15-11(17-12(16-10)18(2)3)14-6-5-8-20-9-7-19/h19H,4-9H2,1-3H3,(H2,13,14,15,16,17). The van der Waals surface area contributed by atoms with E-state index in [1.54, 1.807) is 0 Å². The molecule has 0 aliphatic rings. The fraction of sp³-hybridized carbons (Fsp3) is 0.750. The minimum absolute atomic E-state index is 0.0547. The second kappa shape index (κ2) is 9.27. The molecule has 0 aromatic carbocycles. The summed E-state index contributed by atoms with van der Waals surface area (Å²) in [7, 11) is 3.77. The van der Waals surface area contributed by atoms with Crippen LogP contribution in [0.25, 0.3) is 0 Å². The van der Waals surface area contributed by atoms with Gasteiger partial charge in [0, 0.05) is 33.8 Å². The van der Waals surface area contributed by atoms with Crippen LogP contribution in [-0.4, -0.2) is 67.1 Å². The van der Waals surface area contributed by atoms with Gasteiger partial charge < -0.3 is 25.4 Å². The molecule has 0 saturated carbocycles. The van der Waals surface area contributed by atoms with Crippen molar-refractivity contribution in [2.75, 3.05) is 62.5 Å². The van der Waals surface area contributed by atoms with Crippen molar-refractivity contribution < 1.29 is 9.84 Å². The summed E-state index contributed by atoms with van der Waals surface area (Å²) in [6, 6.07) is 0. The average molecular weight is 284 g/mol. The maximum Gasteiger partial charge on any atom is 0.231 e. The monoisotopic (exact) mass is 284 g/mol. The number of hydrogen-bond acceptors (Lipinski definition) is 8. The topological polar surface area (TPSA) is 95.4 Å². The summed E-state index contributed by atoms with van der Waals surface area (Å²) in [6.07, 6.45) is 0.819. The Hall–Kier alpha value is -1.67. The SMILES string of the molecule is CCNc1nc(NCCCOCCO)nc(N(C)C)n1. The van der Waals surface area contributed by atoms with Crippen LogP contribution >= 0.6 is 0 Å². The van der Waals surface area contributed by atoms with Gasteiger partial charge in [0.2, 0.25) is 17.8 Å². The molecule has 1 aromatic heterocycles. The number of rotatable bonds is 10. The molecule has 3 N–H and O–H groups in total. The van der Waals surface area contributed by atoms with Gasteiger partial charge >= 0.3 is 0 Å². The van der Waals surface area contributed by atoms with Crippen LogP contribution in [0.2, 0.25) is 0 Å². The van der Waals surface area contributed by atoms with Crippen LogP contribution in [0.1, 0.15) is 13.3 Å². The number of aromatic nitrogens is 3. The number of ether oxygens (including phenoxy) is 1. The number of nitrogens with zero attached hydrogens (tertiary/aromatic N) is 4. The van der Waals surface area contributed by atoms with Gasteiger partial charge in [0.25, 0.3) is 0 Å². The van der Waals surface area contributed by atoms with E-state index in [-0.39, 0.29) is 6.61 Å². The third-order valence-electron chi connectivity index (χ3n) is 2.34. The van der Waals surface area contributed by atoms with Crippen LogP contribution in [0.3, 0.4) is 0 Å². The maximum absolute atomic E-state index is 8.59. The predicted octanol–water partition coefficient (Wildman–Crippen LogP) is 0.180. The highest BCUT2D eigenvalue weighted by molar-refractivity contribution is 5.42. The van der Waals surface area contributed by atoms with Crippen LogP contribution in [0.5, 0.6) is 0 Å². The lowest BCUT2D eigenvalue weighted by molar-refractivity contribution is 0.0921. The smallest absolute Gasteiger partial charge is 0.231 e. The van der Waals surface area contributed by atoms with Crippen molar-refractivity contribution in [2.45, 2.75) is 13.3 Å². The number of hydrogen-bond donors (Lipinski definition) is 3. The minimum atomic E-state index is 0.0547. The van der Waals surface area contributed by atoms with Crippen LogP contribution < -0.4 is 15.5 Å². The largest absolute Gasteiger partial charge is 0.394 e. The van der Waals surface area contributed by atoms with Gasteiger partial charge in [0.1, 0.15) is 0 Å². The van der Waals surface area contributed by atoms with Crippen molar-refractivity contribution in [2.24, 2.45) is 0 Å². The molecule has 0 bridgehead atoms. The van der Waals surface area contributed by atoms with E-state index in [1.165, 1.54) is 0 Å². The van der Waals surface area contributed by atoms with E-state index >= 15 is 0 Å². The van der Waals surface area contributed by atoms with E-state index < -0.39 is 0 Å². The van der Waals surface area contributed by atoms with Crippen molar-refractivity contribution in [3.8, 4) is 0 Å². The maximum atomic E-state index is 8.59. The van der Waals surface area contributed by atoms with E-state index in [0.717, 1.165) is 13.0 Å². The molecule has 1 heterocycles. The number of aliphatic hydroxyl groups is 1. The van der Waals surface area contributed by atoms with Gasteiger partial charge in [-0.05, 0) is 13.3 Å². The van der Waals surface area contributed by atoms with Crippen molar-refractivity contribution in [1.82, 2.24) is 15.0 Å². The highest BCUT2D eigenvalue weighted by atomic mass is 16.5. The molecule has 0 spiro atoms. The molecule has 0 atom stereocenters. The zero-order valence-corrected chi connectivity index (χ0v) is 12.4. The molecule has 0 aliphatic carbocycles. The van der Waals surface area contributed by atoms with Gasteiger partial charge in [-0.3, -0.25) is 0 Å². The second-order valence-corrected chi connectivity index (χ2v) is 4.32. The molecule has 0 amide bonds. The van der Waals surface area contributed by atoms with Gasteiger partial charge in [-0.2, -0.15) is 15.0 Å². The summed E-state index contributed by atoms with van der Waals surface area (Å²) >= 11 is 0. The summed E-state index contributed by atoms with van der Waals surface area (Å²) in [5.41, 5.74) is 0. The van der Waals surface area contributed by atoms with Gasteiger partial charge in [-0.1, -0.05) is 0 Å². The zero-order valence-electron chi connectivity index (χ0n) is 12.4. The lowest BCUT2D eigenvalue weighted by Gasteiger charge is -2.13. The van der Waals surface area contributed by atoms with Gasteiger partial charge in [-0.15, -0.1) is 0 Å². The Morgan fingerprint density at radius 1 is 1.10 bits per heavy atom. The van der Waals surface area contributed by atoms with Gasteiger partial charge in [0.15, 0.2) is 0 Å². The van der Waals surface area contributed by atoms with E-state index in [1.807, 2.05) is 25.9 Å². The summed E-state index contributed by atoms with van der Waals surface area (Å²) < 4.78 is 5.18. The number of anilines is 3. The Kier molecular flexibility index (Phi) is 7.59. The van der Waals surface area contributed by atoms with E-state index in [0.29, 0.717) is 37.6 Å². The van der Waals surface area contributed by atoms with Gasteiger partial charge in [-0.25, -0.2) is 0 Å². The molecule has 0 unspecified atom stereocenters. The first-order valence-corrected chi connectivity index (χ1v) is 6.77. The average Bonchev–Trinajstić information content (AvgIpc) is 2.43. The normalized spacial score (nSPS) is 10.4. The van der Waals surface area contributed by atoms with Crippen LogP contribution in [-0.2, 0) is 4.74 Å². The summed E-state index contributed by atoms with van der Waals surface area (Å²) in [6.45, 7) is 4.48. The first kappa shape index (κ1) is 16.4. The molecular formula is C12H24N6O2. The molecule has 20 heavy (non-hydrogen) atoms. The van der Waals surface area contributed by atoms with Crippen LogP contribution in [0, 0.1) is 0 Å². The van der Waals surface area contributed by atoms with Crippen LogP contribution in [0.4, 0.5) is 17.8 Å². The molecular weight excluding hydrogens is 260 g/mol. The first-order valence-electron chi connectivity index (χ1n) is 6.77. The summed E-state index contributed by atoms with van der Waals surface area (Å²) in [5.74, 6) is 1.71. The highest BCUT2D eigenvalue weighted by Gasteiger charge is 2.07. The molecule has 0 fully saturated rings. The van der Waals surface area contributed by atoms with Crippen molar-refractivity contribution in [3.05, 3.63) is 0 Å². The van der Waals surface area contributed by atoms with Gasteiger partial charge in [0.05, 0.1) is 13.2 Å². The second-order valence-electron chi connectivity index (χ2n) is 4.32. The lowest BCUT2D eigenvalue weighted by Crippen LogP contribution is -2.17. The number of nitrogens with one attached hydrogen (secondary N) is 2. The molecule has 8 nitrogen and oxygen atoms in total. The fourth-order valence-electron chi connectivity index (χ4n) is 1.42. The van der Waals surface area contributed by atoms with Crippen molar-refractivity contribution in [1.29, 1.82) is 0 Å². The van der Waals surface area contributed by atoms with Crippen LogP contribution in [0.15, 0.2) is 0 Å². The van der Waals surface area contributed by atoms with E-state index in [2.05, 4.69) is 25.6 Å². The first-order chi connectivity index (χ1) is 9.67. The van der Waals surface area contributed by atoms with E-state index in [4.69, 9.17) is 9.84 Å². The molecule has 0 radical (unpaired) electrons. The predicted molar refractivity (Wildman–Crippen MR) is 79.3 cm³/mol. The lowest BCUT2D eigenvalue weighted by atomic mass is 10.4. The molecule has 1 rings (SSSR count). The number of aliphatic hydroxyl groups excluding tert-OH is 1. The quantitative estimate of drug-likeness (QED) is 0.524.